The van der Waals surface area contributed by atoms with Crippen LogP contribution >= 0.6 is 0 Å². The van der Waals surface area contributed by atoms with Gasteiger partial charge in [-0.3, -0.25) is 0 Å². The topological polar surface area (TPSA) is 0 Å². The maximum absolute atomic E-state index is 2.26. The predicted octanol–water partition coefficient (Wildman–Crippen LogP) is 7.65. The van der Waals surface area contributed by atoms with Gasteiger partial charge in [0.2, 0.25) is 0 Å². The van der Waals surface area contributed by atoms with Crippen molar-refractivity contribution in [2.45, 2.75) is 62.3 Å². The standard InChI is InChI=1S/C11H16.C6H6.C5H12.CH4/c1-11(2,3)9-10-7-5-4-6-8-10;1-2-4-6-5-3-1;1-5(2,3)4;/h4-8H,9H2,1-3H3;1-6H;1-4H3;1H4. The Bertz CT molecular complexity index is 422. The molecule has 23 heavy (non-hydrogen) atoms. The summed E-state index contributed by atoms with van der Waals surface area (Å²) in [4.78, 5) is 0. The summed E-state index contributed by atoms with van der Waals surface area (Å²) in [6.45, 7) is 15.5. The first kappa shape index (κ1) is 23.7. The van der Waals surface area contributed by atoms with Crippen LogP contribution in [0.4, 0.5) is 0 Å². The van der Waals surface area contributed by atoms with Crippen molar-refractivity contribution in [3.05, 3.63) is 72.3 Å². The molecule has 0 fully saturated rings. The lowest BCUT2D eigenvalue weighted by molar-refractivity contribution is 0.411. The van der Waals surface area contributed by atoms with Crippen LogP contribution in [-0.4, -0.2) is 0 Å². The van der Waals surface area contributed by atoms with Crippen molar-refractivity contribution in [2.24, 2.45) is 10.8 Å². The van der Waals surface area contributed by atoms with E-state index in [1.54, 1.807) is 0 Å². The molecule has 2 rings (SSSR count). The van der Waals surface area contributed by atoms with E-state index >= 15 is 0 Å². The van der Waals surface area contributed by atoms with Crippen molar-refractivity contribution in [3.63, 3.8) is 0 Å². The summed E-state index contributed by atoms with van der Waals surface area (Å²) < 4.78 is 0. The van der Waals surface area contributed by atoms with E-state index in [0.29, 0.717) is 10.8 Å². The molecule has 0 heterocycles. The maximum atomic E-state index is 2.26. The molecule has 0 aliphatic rings. The van der Waals surface area contributed by atoms with E-state index in [9.17, 15) is 0 Å². The Morgan fingerprint density at radius 3 is 1.09 bits per heavy atom. The van der Waals surface area contributed by atoms with Crippen LogP contribution in [0.25, 0.3) is 0 Å². The summed E-state index contributed by atoms with van der Waals surface area (Å²) in [7, 11) is 0. The molecule has 0 saturated heterocycles. The molecule has 0 atom stereocenters. The second-order valence-corrected chi connectivity index (χ2v) is 8.38. The van der Waals surface area contributed by atoms with Gasteiger partial charge >= 0.3 is 0 Å². The molecule has 0 unspecified atom stereocenters. The second-order valence-electron chi connectivity index (χ2n) is 8.38. The van der Waals surface area contributed by atoms with Gasteiger partial charge in [-0.2, -0.15) is 0 Å². The zero-order valence-corrected chi connectivity index (χ0v) is 15.6. The molecule has 2 aromatic carbocycles. The minimum atomic E-state index is 0. The van der Waals surface area contributed by atoms with Crippen LogP contribution < -0.4 is 0 Å². The van der Waals surface area contributed by atoms with Gasteiger partial charge in [-0.15, -0.1) is 0 Å². The zero-order valence-electron chi connectivity index (χ0n) is 15.6. The highest BCUT2D eigenvalue weighted by Gasteiger charge is 2.09. The van der Waals surface area contributed by atoms with E-state index in [2.05, 4.69) is 78.8 Å². The highest BCUT2D eigenvalue weighted by Crippen LogP contribution is 2.19. The van der Waals surface area contributed by atoms with Crippen LogP contribution in [0.5, 0.6) is 0 Å². The summed E-state index contributed by atoms with van der Waals surface area (Å²) in [5.41, 5.74) is 2.33. The number of benzene rings is 2. The van der Waals surface area contributed by atoms with E-state index in [1.165, 1.54) is 5.56 Å². The molecule has 0 aliphatic heterocycles. The molecule has 0 radical (unpaired) electrons. The lowest BCUT2D eigenvalue weighted by Gasteiger charge is -2.17. The summed E-state index contributed by atoms with van der Waals surface area (Å²) >= 11 is 0. The van der Waals surface area contributed by atoms with E-state index < -0.39 is 0 Å². The second kappa shape index (κ2) is 11.9. The smallest absolute Gasteiger partial charge is 0.0230 e. The van der Waals surface area contributed by atoms with E-state index in [-0.39, 0.29) is 7.43 Å². The van der Waals surface area contributed by atoms with Crippen LogP contribution in [0.2, 0.25) is 0 Å². The van der Waals surface area contributed by atoms with Gasteiger partial charge < -0.3 is 0 Å². The fourth-order valence-electron chi connectivity index (χ4n) is 1.59. The number of hydrogen-bond acceptors (Lipinski definition) is 0. The molecule has 0 N–H and O–H groups in total. The SMILES string of the molecule is C.CC(C)(C)C.CC(C)(C)Cc1ccccc1.c1ccccc1. The van der Waals surface area contributed by atoms with Crippen LogP contribution in [0.3, 0.4) is 0 Å². The first-order valence-corrected chi connectivity index (χ1v) is 8.12. The lowest BCUT2D eigenvalue weighted by atomic mass is 9.88. The monoisotopic (exact) mass is 314 g/mol. The molecular weight excluding hydrogens is 276 g/mol. The maximum Gasteiger partial charge on any atom is -0.0230 e. The average Bonchev–Trinajstić information content (AvgIpc) is 2.39. The molecule has 0 aromatic heterocycles. The van der Waals surface area contributed by atoms with E-state index in [1.807, 2.05) is 36.4 Å². The largest absolute Gasteiger partial charge is 0.0776 e. The first-order valence-electron chi connectivity index (χ1n) is 8.12. The molecule has 130 valence electrons. The van der Waals surface area contributed by atoms with Gasteiger partial charge in [0, 0.05) is 0 Å². The van der Waals surface area contributed by atoms with Crippen LogP contribution in [0, 0.1) is 10.8 Å². The first-order chi connectivity index (χ1) is 10.1. The van der Waals surface area contributed by atoms with Gasteiger partial charge in [-0.25, -0.2) is 0 Å². The van der Waals surface area contributed by atoms with Gasteiger partial charge in [-0.1, -0.05) is 123 Å². The van der Waals surface area contributed by atoms with Crippen molar-refractivity contribution in [1.82, 2.24) is 0 Å². The van der Waals surface area contributed by atoms with Gasteiger partial charge in [0.25, 0.3) is 0 Å². The number of hydrogen-bond donors (Lipinski definition) is 0. The predicted molar refractivity (Wildman–Crippen MR) is 108 cm³/mol. The van der Waals surface area contributed by atoms with Crippen LogP contribution in [0.15, 0.2) is 66.7 Å². The Morgan fingerprint density at radius 2 is 0.826 bits per heavy atom. The quantitative estimate of drug-likeness (QED) is 0.507. The fraction of sp³-hybridized carbons (Fsp3) is 0.478. The number of rotatable bonds is 1. The Hall–Kier alpha value is -1.56. The Morgan fingerprint density at radius 1 is 0.565 bits per heavy atom. The molecule has 0 nitrogen and oxygen atoms in total. The highest BCUT2D eigenvalue weighted by atomic mass is 14.1. The molecule has 0 aliphatic carbocycles. The molecule has 0 saturated carbocycles. The lowest BCUT2D eigenvalue weighted by Crippen LogP contribution is -2.08. The third-order valence-corrected chi connectivity index (χ3v) is 2.24. The van der Waals surface area contributed by atoms with Gasteiger partial charge in [-0.05, 0) is 22.8 Å². The molecule has 0 heteroatoms. The molecule has 0 bridgehead atoms. The Kier molecular flexibility index (Phi) is 12.3. The third kappa shape index (κ3) is 22.9. The Labute approximate surface area is 146 Å². The molecular formula is C23H38. The van der Waals surface area contributed by atoms with Crippen molar-refractivity contribution in [1.29, 1.82) is 0 Å². The van der Waals surface area contributed by atoms with Crippen LogP contribution in [0.1, 0.15) is 61.5 Å². The fourth-order valence-corrected chi connectivity index (χ4v) is 1.59. The van der Waals surface area contributed by atoms with E-state index in [0.717, 1.165) is 6.42 Å². The van der Waals surface area contributed by atoms with Crippen molar-refractivity contribution < 1.29 is 0 Å². The van der Waals surface area contributed by atoms with Crippen molar-refractivity contribution >= 4 is 0 Å². The highest BCUT2D eigenvalue weighted by molar-refractivity contribution is 5.15. The van der Waals surface area contributed by atoms with Gasteiger partial charge in [0.05, 0.1) is 0 Å². The summed E-state index contributed by atoms with van der Waals surface area (Å²) in [5.74, 6) is 0. The normalized spacial score (nSPS) is 10.2. The van der Waals surface area contributed by atoms with Crippen LogP contribution in [-0.2, 0) is 6.42 Å². The molecule has 0 amide bonds. The summed E-state index contributed by atoms with van der Waals surface area (Å²) in [5, 5.41) is 0. The van der Waals surface area contributed by atoms with Gasteiger partial charge in [0.15, 0.2) is 0 Å². The van der Waals surface area contributed by atoms with Crippen molar-refractivity contribution in [2.75, 3.05) is 0 Å². The molecule has 0 spiro atoms. The minimum Gasteiger partial charge on any atom is -0.0776 e. The zero-order chi connectivity index (χ0) is 17.1. The van der Waals surface area contributed by atoms with Crippen molar-refractivity contribution in [3.8, 4) is 0 Å². The molecule has 2 aromatic rings. The third-order valence-electron chi connectivity index (χ3n) is 2.24. The summed E-state index contributed by atoms with van der Waals surface area (Å²) in [6, 6.07) is 22.6. The minimum absolute atomic E-state index is 0. The van der Waals surface area contributed by atoms with E-state index in [4.69, 9.17) is 0 Å². The average molecular weight is 315 g/mol. The Balaban J connectivity index is 0. The summed E-state index contributed by atoms with van der Waals surface area (Å²) in [6.07, 6.45) is 1.16. The van der Waals surface area contributed by atoms with Gasteiger partial charge in [0.1, 0.15) is 0 Å².